The van der Waals surface area contributed by atoms with Gasteiger partial charge in [-0.15, -0.1) is 0 Å². The van der Waals surface area contributed by atoms with Gasteiger partial charge in [-0.05, 0) is 19.9 Å². The quantitative estimate of drug-likeness (QED) is 0.842. The molecule has 2 aromatic heterocycles. The summed E-state index contributed by atoms with van der Waals surface area (Å²) in [5.41, 5.74) is 1.46. The zero-order valence-corrected chi connectivity index (χ0v) is 10.2. The lowest BCUT2D eigenvalue weighted by atomic mass is 10.2. The molecule has 0 spiro atoms. The van der Waals surface area contributed by atoms with E-state index in [0.29, 0.717) is 24.5 Å². The Kier molecular flexibility index (Phi) is 3.47. The van der Waals surface area contributed by atoms with Crippen LogP contribution < -0.4 is 5.32 Å². The molecule has 0 aliphatic carbocycles. The van der Waals surface area contributed by atoms with Crippen LogP contribution in [0.4, 0.5) is 0 Å². The summed E-state index contributed by atoms with van der Waals surface area (Å²) in [5, 5.41) is 11.9. The molecule has 0 amide bonds. The van der Waals surface area contributed by atoms with Crippen molar-refractivity contribution in [2.75, 3.05) is 0 Å². The van der Waals surface area contributed by atoms with E-state index in [4.69, 9.17) is 13.9 Å². The number of oxazole rings is 1. The second kappa shape index (κ2) is 5.05. The largest absolute Gasteiger partial charge is 0.475 e. The van der Waals surface area contributed by atoms with Gasteiger partial charge in [0.05, 0.1) is 18.5 Å². The fourth-order valence-electron chi connectivity index (χ4n) is 1.58. The van der Waals surface area contributed by atoms with Crippen molar-refractivity contribution in [1.29, 1.82) is 0 Å². The predicted octanol–water partition coefficient (Wildman–Crippen LogP) is 1.87. The van der Waals surface area contributed by atoms with Crippen LogP contribution in [0.1, 0.15) is 33.5 Å². The Morgan fingerprint density at radius 3 is 2.83 bits per heavy atom. The van der Waals surface area contributed by atoms with E-state index in [0.717, 1.165) is 11.5 Å². The second-order valence-electron chi connectivity index (χ2n) is 3.93. The van der Waals surface area contributed by atoms with Gasteiger partial charge in [0, 0.05) is 12.1 Å². The summed E-state index contributed by atoms with van der Waals surface area (Å²) in [6.07, 6.45) is 1.36. The molecule has 0 bridgehead atoms. The van der Waals surface area contributed by atoms with Gasteiger partial charge in [-0.3, -0.25) is 0 Å². The third-order valence-corrected chi connectivity index (χ3v) is 2.61. The van der Waals surface area contributed by atoms with Gasteiger partial charge < -0.3 is 19.3 Å². The number of aryl methyl sites for hydroxylation is 2. The molecule has 2 rings (SSSR count). The Hall–Kier alpha value is -2.08. The standard InChI is InChI=1S/C12H14N2O4/c1-7-8(2)18-10(14-7)6-13-5-9-3-4-17-11(9)12(15)16/h3-4,13H,5-6H2,1-2H3,(H,15,16). The number of hydrogen-bond acceptors (Lipinski definition) is 5. The van der Waals surface area contributed by atoms with Crippen LogP contribution in [0.5, 0.6) is 0 Å². The zero-order valence-electron chi connectivity index (χ0n) is 10.2. The molecule has 0 aromatic carbocycles. The van der Waals surface area contributed by atoms with E-state index in [2.05, 4.69) is 10.3 Å². The lowest BCUT2D eigenvalue weighted by Crippen LogP contribution is -2.14. The number of hydrogen-bond donors (Lipinski definition) is 2. The number of rotatable bonds is 5. The molecule has 2 N–H and O–H groups in total. The smallest absolute Gasteiger partial charge is 0.372 e. The van der Waals surface area contributed by atoms with Gasteiger partial charge in [0.1, 0.15) is 5.76 Å². The Balaban J connectivity index is 1.92. The molecule has 0 unspecified atom stereocenters. The average molecular weight is 250 g/mol. The first-order valence-electron chi connectivity index (χ1n) is 5.51. The number of carboxylic acid groups (broad SMARTS) is 1. The minimum absolute atomic E-state index is 0.0396. The maximum atomic E-state index is 10.8. The fraction of sp³-hybridized carbons (Fsp3) is 0.333. The zero-order chi connectivity index (χ0) is 13.1. The topological polar surface area (TPSA) is 88.5 Å². The lowest BCUT2D eigenvalue weighted by Gasteiger charge is -2.00. The number of carbonyl (C=O) groups is 1. The van der Waals surface area contributed by atoms with Crippen molar-refractivity contribution >= 4 is 5.97 Å². The van der Waals surface area contributed by atoms with Gasteiger partial charge in [-0.25, -0.2) is 9.78 Å². The molecule has 0 aliphatic rings. The molecular formula is C12H14N2O4. The van der Waals surface area contributed by atoms with E-state index in [1.165, 1.54) is 6.26 Å². The third kappa shape index (κ3) is 2.60. The van der Waals surface area contributed by atoms with Crippen LogP contribution >= 0.6 is 0 Å². The van der Waals surface area contributed by atoms with Crippen LogP contribution in [0.15, 0.2) is 21.2 Å². The van der Waals surface area contributed by atoms with Crippen molar-refractivity contribution in [1.82, 2.24) is 10.3 Å². The van der Waals surface area contributed by atoms with Crippen LogP contribution in [-0.2, 0) is 13.1 Å². The Morgan fingerprint density at radius 1 is 1.44 bits per heavy atom. The SMILES string of the molecule is Cc1nc(CNCc2ccoc2C(=O)O)oc1C. The number of nitrogens with one attached hydrogen (secondary N) is 1. The molecule has 0 saturated carbocycles. The van der Waals surface area contributed by atoms with Gasteiger partial charge in [0.15, 0.2) is 0 Å². The van der Waals surface area contributed by atoms with Crippen molar-refractivity contribution in [2.45, 2.75) is 26.9 Å². The molecule has 2 aromatic rings. The molecule has 2 heterocycles. The summed E-state index contributed by atoms with van der Waals surface area (Å²) in [4.78, 5) is 15.0. The van der Waals surface area contributed by atoms with E-state index in [1.54, 1.807) is 6.07 Å². The van der Waals surface area contributed by atoms with Crippen molar-refractivity contribution in [3.05, 3.63) is 41.0 Å². The first-order chi connectivity index (χ1) is 8.58. The average Bonchev–Trinajstić information content (AvgIpc) is 2.87. The van der Waals surface area contributed by atoms with Crippen molar-refractivity contribution in [3.8, 4) is 0 Å². The molecule has 96 valence electrons. The molecule has 6 nitrogen and oxygen atoms in total. The summed E-state index contributed by atoms with van der Waals surface area (Å²) in [6.45, 7) is 4.56. The predicted molar refractivity (Wildman–Crippen MR) is 62.2 cm³/mol. The van der Waals surface area contributed by atoms with Gasteiger partial charge in [-0.1, -0.05) is 0 Å². The summed E-state index contributed by atoms with van der Waals surface area (Å²) in [7, 11) is 0. The highest BCUT2D eigenvalue weighted by Crippen LogP contribution is 2.11. The van der Waals surface area contributed by atoms with E-state index >= 15 is 0 Å². The van der Waals surface area contributed by atoms with Gasteiger partial charge >= 0.3 is 5.97 Å². The maximum absolute atomic E-state index is 10.8. The van der Waals surface area contributed by atoms with Gasteiger partial charge in [0.25, 0.3) is 0 Å². The summed E-state index contributed by atoms with van der Waals surface area (Å²) < 4.78 is 10.3. The van der Waals surface area contributed by atoms with Crippen molar-refractivity contribution in [2.24, 2.45) is 0 Å². The molecule has 0 atom stereocenters. The normalized spacial score (nSPS) is 10.8. The highest BCUT2D eigenvalue weighted by atomic mass is 16.4. The first kappa shape index (κ1) is 12.4. The third-order valence-electron chi connectivity index (χ3n) is 2.61. The minimum Gasteiger partial charge on any atom is -0.475 e. The number of nitrogens with zero attached hydrogens (tertiary/aromatic N) is 1. The number of carboxylic acids is 1. The molecule has 0 saturated heterocycles. The van der Waals surface area contributed by atoms with Crippen LogP contribution in [-0.4, -0.2) is 16.1 Å². The van der Waals surface area contributed by atoms with E-state index in [1.807, 2.05) is 13.8 Å². The number of aromatic carboxylic acids is 1. The van der Waals surface area contributed by atoms with Crippen molar-refractivity contribution in [3.63, 3.8) is 0 Å². The van der Waals surface area contributed by atoms with Crippen molar-refractivity contribution < 1.29 is 18.7 Å². The van der Waals surface area contributed by atoms with Gasteiger partial charge in [-0.2, -0.15) is 0 Å². The van der Waals surface area contributed by atoms with Crippen LogP contribution in [0.2, 0.25) is 0 Å². The summed E-state index contributed by atoms with van der Waals surface area (Å²) >= 11 is 0. The Labute approximate surface area is 104 Å². The molecule has 0 fully saturated rings. The summed E-state index contributed by atoms with van der Waals surface area (Å²) in [5.74, 6) is 0.272. The van der Waals surface area contributed by atoms with E-state index in [9.17, 15) is 4.79 Å². The van der Waals surface area contributed by atoms with E-state index in [-0.39, 0.29) is 5.76 Å². The summed E-state index contributed by atoms with van der Waals surface area (Å²) in [6, 6.07) is 1.63. The highest BCUT2D eigenvalue weighted by molar-refractivity contribution is 5.86. The molecule has 0 aliphatic heterocycles. The number of aromatic nitrogens is 1. The van der Waals surface area contributed by atoms with Crippen LogP contribution in [0.3, 0.4) is 0 Å². The highest BCUT2D eigenvalue weighted by Gasteiger charge is 2.13. The minimum atomic E-state index is -1.07. The van der Waals surface area contributed by atoms with Crippen LogP contribution in [0, 0.1) is 13.8 Å². The van der Waals surface area contributed by atoms with E-state index < -0.39 is 5.97 Å². The molecule has 6 heteroatoms. The molecule has 18 heavy (non-hydrogen) atoms. The van der Waals surface area contributed by atoms with Crippen LogP contribution in [0.25, 0.3) is 0 Å². The Bertz CT molecular complexity index is 537. The number of furan rings is 1. The lowest BCUT2D eigenvalue weighted by molar-refractivity contribution is 0.0660. The monoisotopic (exact) mass is 250 g/mol. The second-order valence-corrected chi connectivity index (χ2v) is 3.93. The molecule has 0 radical (unpaired) electrons. The molecular weight excluding hydrogens is 236 g/mol. The fourth-order valence-corrected chi connectivity index (χ4v) is 1.58. The Morgan fingerprint density at radius 2 is 2.22 bits per heavy atom. The first-order valence-corrected chi connectivity index (χ1v) is 5.51. The maximum Gasteiger partial charge on any atom is 0.372 e. The van der Waals surface area contributed by atoms with Gasteiger partial charge in [0.2, 0.25) is 11.7 Å².